The highest BCUT2D eigenvalue weighted by Crippen LogP contribution is 2.32. The predicted octanol–water partition coefficient (Wildman–Crippen LogP) is 2.14. The number of anilines is 1. The molecular formula is C26H28N4O4. The fourth-order valence-corrected chi connectivity index (χ4v) is 3.81. The van der Waals surface area contributed by atoms with Gasteiger partial charge in [0.2, 0.25) is 5.91 Å². The second-order valence-corrected chi connectivity index (χ2v) is 7.88. The van der Waals surface area contributed by atoms with Crippen LogP contribution < -0.4 is 27.7 Å². The molecule has 0 bridgehead atoms. The van der Waals surface area contributed by atoms with Gasteiger partial charge >= 0.3 is 5.97 Å². The molecule has 1 amide bonds. The van der Waals surface area contributed by atoms with E-state index in [1.807, 2.05) is 18.2 Å². The zero-order valence-electron chi connectivity index (χ0n) is 18.7. The average Bonchev–Trinajstić information content (AvgIpc) is 3.28. The molecule has 0 radical (unpaired) electrons. The Bertz CT molecular complexity index is 1190. The van der Waals surface area contributed by atoms with Crippen molar-refractivity contribution in [1.82, 2.24) is 0 Å². The van der Waals surface area contributed by atoms with Crippen molar-refractivity contribution >= 4 is 23.3 Å². The number of rotatable bonds is 6. The molecule has 0 aromatic heterocycles. The Morgan fingerprint density at radius 2 is 1.65 bits per heavy atom. The van der Waals surface area contributed by atoms with Crippen molar-refractivity contribution in [3.8, 4) is 5.75 Å². The highest BCUT2D eigenvalue weighted by atomic mass is 16.5. The number of aryl methyl sites for hydroxylation is 1. The van der Waals surface area contributed by atoms with Crippen LogP contribution in [-0.4, -0.2) is 30.7 Å². The lowest BCUT2D eigenvalue weighted by Crippen LogP contribution is -2.20. The number of hydrogen-bond acceptors (Lipinski definition) is 7. The van der Waals surface area contributed by atoms with Crippen molar-refractivity contribution < 1.29 is 19.1 Å². The van der Waals surface area contributed by atoms with Crippen molar-refractivity contribution in [2.75, 3.05) is 18.8 Å². The Morgan fingerprint density at radius 3 is 2.29 bits per heavy atom. The van der Waals surface area contributed by atoms with E-state index in [2.05, 4.69) is 0 Å². The molecule has 0 heterocycles. The molecule has 3 aromatic carbocycles. The van der Waals surface area contributed by atoms with E-state index in [0.717, 1.165) is 12.8 Å². The summed E-state index contributed by atoms with van der Waals surface area (Å²) in [7, 11) is 0. The van der Waals surface area contributed by atoms with Gasteiger partial charge in [-0.15, -0.1) is 0 Å². The van der Waals surface area contributed by atoms with E-state index in [9.17, 15) is 14.4 Å². The van der Waals surface area contributed by atoms with Gasteiger partial charge in [-0.2, -0.15) is 0 Å². The SMILES string of the molecule is NCC(=O)Oc1ccc(N)cc1C(=O)c1ccccc1.NCC1CCc2ccc(C(N)=O)cc21. The molecule has 1 unspecified atom stereocenters. The zero-order chi connectivity index (χ0) is 24.7. The monoisotopic (exact) mass is 460 g/mol. The molecule has 0 saturated heterocycles. The van der Waals surface area contributed by atoms with E-state index in [0.29, 0.717) is 29.3 Å². The quantitative estimate of drug-likeness (QED) is 0.189. The minimum Gasteiger partial charge on any atom is -0.425 e. The lowest BCUT2D eigenvalue weighted by atomic mass is 9.99. The van der Waals surface area contributed by atoms with Crippen LogP contribution in [0, 0.1) is 0 Å². The van der Waals surface area contributed by atoms with Gasteiger partial charge in [-0.3, -0.25) is 14.4 Å². The normalized spacial score (nSPS) is 13.9. The molecule has 8 heteroatoms. The molecule has 0 fully saturated rings. The summed E-state index contributed by atoms with van der Waals surface area (Å²) < 4.78 is 5.05. The van der Waals surface area contributed by atoms with Crippen LogP contribution in [0.25, 0.3) is 0 Å². The average molecular weight is 461 g/mol. The number of benzene rings is 3. The molecule has 4 rings (SSSR count). The van der Waals surface area contributed by atoms with Gasteiger partial charge in [0.05, 0.1) is 12.1 Å². The third kappa shape index (κ3) is 5.86. The standard InChI is InChI=1S/C15H14N2O3.C11H14N2O/c16-9-14(18)20-13-7-6-11(17)8-12(13)15(19)10-4-2-1-3-5-10;12-6-9-4-2-7-1-3-8(11(13)14)5-10(7)9/h1-8H,9,16-17H2;1,3,5,9H,2,4,6,12H2,(H2,13,14). The van der Waals surface area contributed by atoms with Crippen LogP contribution in [-0.2, 0) is 11.2 Å². The maximum atomic E-state index is 12.4. The van der Waals surface area contributed by atoms with Gasteiger partial charge in [-0.25, -0.2) is 0 Å². The third-order valence-corrected chi connectivity index (χ3v) is 5.59. The van der Waals surface area contributed by atoms with Crippen molar-refractivity contribution in [3.63, 3.8) is 0 Å². The third-order valence-electron chi connectivity index (χ3n) is 5.59. The first-order chi connectivity index (χ1) is 16.3. The van der Waals surface area contributed by atoms with E-state index in [4.69, 9.17) is 27.7 Å². The van der Waals surface area contributed by atoms with E-state index in [1.54, 1.807) is 36.4 Å². The molecule has 1 aliphatic rings. The summed E-state index contributed by atoms with van der Waals surface area (Å²) in [5, 5.41) is 0. The number of ether oxygens (including phenoxy) is 1. The molecule has 176 valence electrons. The second kappa shape index (κ2) is 11.2. The molecule has 1 aliphatic carbocycles. The summed E-state index contributed by atoms with van der Waals surface area (Å²) in [6, 6.07) is 18.9. The van der Waals surface area contributed by atoms with Crippen molar-refractivity contribution in [1.29, 1.82) is 0 Å². The maximum Gasteiger partial charge on any atom is 0.325 e. The summed E-state index contributed by atoms with van der Waals surface area (Å²) >= 11 is 0. The van der Waals surface area contributed by atoms with Crippen LogP contribution in [0.4, 0.5) is 5.69 Å². The maximum absolute atomic E-state index is 12.4. The molecule has 0 aliphatic heterocycles. The Morgan fingerprint density at radius 1 is 0.912 bits per heavy atom. The molecule has 8 nitrogen and oxygen atoms in total. The Hall–Kier alpha value is -4.01. The van der Waals surface area contributed by atoms with Crippen molar-refractivity contribution in [2.45, 2.75) is 18.8 Å². The summed E-state index contributed by atoms with van der Waals surface area (Å²) in [5.41, 5.74) is 26.0. The molecule has 0 saturated carbocycles. The number of primary amides is 1. The van der Waals surface area contributed by atoms with E-state index in [-0.39, 0.29) is 29.5 Å². The molecule has 34 heavy (non-hydrogen) atoms. The van der Waals surface area contributed by atoms with Crippen LogP contribution in [0.3, 0.4) is 0 Å². The lowest BCUT2D eigenvalue weighted by Gasteiger charge is -2.09. The van der Waals surface area contributed by atoms with Gasteiger partial charge < -0.3 is 27.7 Å². The zero-order valence-corrected chi connectivity index (χ0v) is 18.7. The minimum absolute atomic E-state index is 0.156. The fraction of sp³-hybridized carbons (Fsp3) is 0.192. The van der Waals surface area contributed by atoms with Gasteiger partial charge in [-0.05, 0) is 66.8 Å². The molecule has 8 N–H and O–H groups in total. The van der Waals surface area contributed by atoms with Gasteiger partial charge in [0.25, 0.3) is 0 Å². The first-order valence-corrected chi connectivity index (χ1v) is 10.9. The topological polar surface area (TPSA) is 165 Å². The number of amides is 1. The molecule has 0 spiro atoms. The number of nitrogens with two attached hydrogens (primary N) is 4. The van der Waals surface area contributed by atoms with Crippen molar-refractivity contribution in [2.24, 2.45) is 17.2 Å². The Kier molecular flexibility index (Phi) is 8.13. The van der Waals surface area contributed by atoms with Gasteiger partial charge in [0.15, 0.2) is 5.78 Å². The van der Waals surface area contributed by atoms with Crippen LogP contribution in [0.1, 0.15) is 49.7 Å². The fourth-order valence-electron chi connectivity index (χ4n) is 3.81. The largest absolute Gasteiger partial charge is 0.425 e. The number of ketones is 1. The lowest BCUT2D eigenvalue weighted by molar-refractivity contribution is -0.132. The van der Waals surface area contributed by atoms with Gasteiger partial charge in [0.1, 0.15) is 5.75 Å². The predicted molar refractivity (Wildman–Crippen MR) is 130 cm³/mol. The molecule has 1 atom stereocenters. The number of hydrogen-bond donors (Lipinski definition) is 4. The van der Waals surface area contributed by atoms with Crippen LogP contribution in [0.15, 0.2) is 66.7 Å². The smallest absolute Gasteiger partial charge is 0.325 e. The summed E-state index contributed by atoms with van der Waals surface area (Å²) in [6.45, 7) is 0.387. The van der Waals surface area contributed by atoms with Crippen molar-refractivity contribution in [3.05, 3.63) is 94.5 Å². The van der Waals surface area contributed by atoms with E-state index in [1.165, 1.54) is 23.3 Å². The number of nitrogen functional groups attached to an aromatic ring is 1. The first-order valence-electron chi connectivity index (χ1n) is 10.9. The molecular weight excluding hydrogens is 432 g/mol. The highest BCUT2D eigenvalue weighted by molar-refractivity contribution is 6.11. The first kappa shape index (κ1) is 24.6. The summed E-state index contributed by atoms with van der Waals surface area (Å²) in [4.78, 5) is 34.7. The van der Waals surface area contributed by atoms with Crippen LogP contribution in [0.5, 0.6) is 5.75 Å². The van der Waals surface area contributed by atoms with Crippen LogP contribution >= 0.6 is 0 Å². The summed E-state index contributed by atoms with van der Waals surface area (Å²) in [6.07, 6.45) is 2.16. The second-order valence-electron chi connectivity index (χ2n) is 7.88. The number of carbonyl (C=O) groups is 3. The Balaban J connectivity index is 0.000000202. The van der Waals surface area contributed by atoms with E-state index < -0.39 is 5.97 Å². The number of fused-ring (bicyclic) bond motifs is 1. The summed E-state index contributed by atoms with van der Waals surface area (Å²) in [5.74, 6) is -0.683. The minimum atomic E-state index is -0.614. The Labute approximate surface area is 197 Å². The van der Waals surface area contributed by atoms with Crippen LogP contribution in [0.2, 0.25) is 0 Å². The van der Waals surface area contributed by atoms with E-state index >= 15 is 0 Å². The van der Waals surface area contributed by atoms with Gasteiger partial charge in [-0.1, -0.05) is 36.4 Å². The molecule has 3 aromatic rings. The number of carbonyl (C=O) groups excluding carboxylic acids is 3. The van der Waals surface area contributed by atoms with Gasteiger partial charge in [0, 0.05) is 16.8 Å². The highest BCUT2D eigenvalue weighted by Gasteiger charge is 2.22. The number of esters is 1.